The summed E-state index contributed by atoms with van der Waals surface area (Å²) in [5.74, 6) is -1.32. The summed E-state index contributed by atoms with van der Waals surface area (Å²) < 4.78 is 0. The molecular formula is C15H21N3O3. The van der Waals surface area contributed by atoms with Gasteiger partial charge in [-0.1, -0.05) is 18.2 Å². The molecule has 6 nitrogen and oxygen atoms in total. The van der Waals surface area contributed by atoms with Crippen LogP contribution in [-0.2, 0) is 11.3 Å². The first-order valence-electron chi connectivity index (χ1n) is 7.07. The molecule has 2 rings (SSSR count). The van der Waals surface area contributed by atoms with Crippen molar-refractivity contribution in [3.63, 3.8) is 0 Å². The van der Waals surface area contributed by atoms with Gasteiger partial charge in [-0.2, -0.15) is 0 Å². The van der Waals surface area contributed by atoms with Crippen LogP contribution in [0.4, 0.5) is 10.5 Å². The lowest BCUT2D eigenvalue weighted by molar-refractivity contribution is -0.142. The van der Waals surface area contributed by atoms with Crippen molar-refractivity contribution < 1.29 is 14.7 Å². The second-order valence-electron chi connectivity index (χ2n) is 5.29. The molecule has 0 spiro atoms. The van der Waals surface area contributed by atoms with Crippen molar-refractivity contribution in [2.24, 2.45) is 5.92 Å². The van der Waals surface area contributed by atoms with E-state index in [0.717, 1.165) is 11.3 Å². The number of likely N-dealkylation sites (tertiary alicyclic amines) is 1. The number of carbonyl (C=O) groups is 2. The van der Waals surface area contributed by atoms with Crippen LogP contribution in [0.1, 0.15) is 18.9 Å². The second-order valence-corrected chi connectivity index (χ2v) is 5.29. The Balaban J connectivity index is 2.07. The van der Waals surface area contributed by atoms with E-state index in [4.69, 9.17) is 5.11 Å². The first-order valence-corrected chi connectivity index (χ1v) is 7.07. The minimum atomic E-state index is -0.839. The Kier molecular flexibility index (Phi) is 4.80. The second kappa shape index (κ2) is 6.58. The van der Waals surface area contributed by atoms with Gasteiger partial charge in [0.15, 0.2) is 0 Å². The number of para-hydroxylation sites is 1. The molecule has 0 aromatic heterocycles. The smallest absolute Gasteiger partial charge is 0.322 e. The van der Waals surface area contributed by atoms with Crippen molar-refractivity contribution in [2.75, 3.05) is 18.9 Å². The SMILES string of the molecule is CNCc1ccccc1NC(=O)N1CCC(C(=O)O)C1C. The molecule has 0 aliphatic carbocycles. The molecule has 114 valence electrons. The highest BCUT2D eigenvalue weighted by Crippen LogP contribution is 2.25. The first kappa shape index (κ1) is 15.3. The van der Waals surface area contributed by atoms with E-state index >= 15 is 0 Å². The van der Waals surface area contributed by atoms with Gasteiger partial charge in [0.05, 0.1) is 5.92 Å². The van der Waals surface area contributed by atoms with Crippen LogP contribution in [0.25, 0.3) is 0 Å². The van der Waals surface area contributed by atoms with E-state index in [1.807, 2.05) is 31.3 Å². The molecule has 1 aromatic carbocycles. The molecule has 1 aromatic rings. The summed E-state index contributed by atoms with van der Waals surface area (Å²) >= 11 is 0. The fourth-order valence-electron chi connectivity index (χ4n) is 2.73. The van der Waals surface area contributed by atoms with Crippen molar-refractivity contribution in [3.05, 3.63) is 29.8 Å². The van der Waals surface area contributed by atoms with Crippen molar-refractivity contribution in [2.45, 2.75) is 25.9 Å². The molecule has 6 heteroatoms. The number of carboxylic acid groups (broad SMARTS) is 1. The lowest BCUT2D eigenvalue weighted by Crippen LogP contribution is -2.40. The third-order valence-electron chi connectivity index (χ3n) is 3.96. The largest absolute Gasteiger partial charge is 0.481 e. The van der Waals surface area contributed by atoms with Crippen LogP contribution in [0.3, 0.4) is 0 Å². The highest BCUT2D eigenvalue weighted by atomic mass is 16.4. The Hall–Kier alpha value is -2.08. The maximum Gasteiger partial charge on any atom is 0.322 e. The Morgan fingerprint density at radius 1 is 1.38 bits per heavy atom. The number of hydrogen-bond donors (Lipinski definition) is 3. The number of carbonyl (C=O) groups excluding carboxylic acids is 1. The Morgan fingerprint density at radius 2 is 2.10 bits per heavy atom. The molecule has 3 N–H and O–H groups in total. The van der Waals surface area contributed by atoms with Crippen LogP contribution < -0.4 is 10.6 Å². The van der Waals surface area contributed by atoms with Gasteiger partial charge in [-0.25, -0.2) is 4.79 Å². The zero-order valence-corrected chi connectivity index (χ0v) is 12.3. The van der Waals surface area contributed by atoms with Gasteiger partial charge in [0.1, 0.15) is 0 Å². The van der Waals surface area contributed by atoms with E-state index in [0.29, 0.717) is 19.5 Å². The van der Waals surface area contributed by atoms with Crippen LogP contribution in [0.5, 0.6) is 0 Å². The number of urea groups is 1. The normalized spacial score (nSPS) is 21.3. The standard InChI is InChI=1S/C15H21N3O3/c1-10-12(14(19)20)7-8-18(10)15(21)17-13-6-4-3-5-11(13)9-16-2/h3-6,10,12,16H,7-9H2,1-2H3,(H,17,21)(H,19,20). The third kappa shape index (κ3) is 3.33. The van der Waals surface area contributed by atoms with E-state index in [9.17, 15) is 9.59 Å². The van der Waals surface area contributed by atoms with Gasteiger partial charge in [0.25, 0.3) is 0 Å². The van der Waals surface area contributed by atoms with Gasteiger partial charge >= 0.3 is 12.0 Å². The summed E-state index contributed by atoms with van der Waals surface area (Å²) in [6.45, 7) is 2.91. The molecule has 1 saturated heterocycles. The number of hydrogen-bond acceptors (Lipinski definition) is 3. The van der Waals surface area contributed by atoms with E-state index in [1.165, 1.54) is 0 Å². The minimum Gasteiger partial charge on any atom is -0.481 e. The Morgan fingerprint density at radius 3 is 2.71 bits per heavy atom. The van der Waals surface area contributed by atoms with Crippen molar-refractivity contribution in [1.29, 1.82) is 0 Å². The molecule has 2 unspecified atom stereocenters. The van der Waals surface area contributed by atoms with Crippen molar-refractivity contribution in [3.8, 4) is 0 Å². The number of nitrogens with one attached hydrogen (secondary N) is 2. The number of amides is 2. The number of anilines is 1. The van der Waals surface area contributed by atoms with Crippen LogP contribution in [-0.4, -0.2) is 41.6 Å². The maximum absolute atomic E-state index is 12.4. The zero-order chi connectivity index (χ0) is 15.4. The molecule has 1 aliphatic heterocycles. The molecule has 0 radical (unpaired) electrons. The average Bonchev–Trinajstić information content (AvgIpc) is 2.83. The molecule has 2 amide bonds. The maximum atomic E-state index is 12.4. The molecular weight excluding hydrogens is 270 g/mol. The predicted molar refractivity (Wildman–Crippen MR) is 80.1 cm³/mol. The van der Waals surface area contributed by atoms with Crippen molar-refractivity contribution >= 4 is 17.7 Å². The Bertz CT molecular complexity index is 533. The van der Waals surface area contributed by atoms with E-state index in [-0.39, 0.29) is 12.1 Å². The minimum absolute atomic E-state index is 0.241. The lowest BCUT2D eigenvalue weighted by Gasteiger charge is -2.24. The molecule has 1 heterocycles. The summed E-state index contributed by atoms with van der Waals surface area (Å²) in [6.07, 6.45) is 0.502. The van der Waals surface area contributed by atoms with Gasteiger partial charge in [-0.15, -0.1) is 0 Å². The van der Waals surface area contributed by atoms with Crippen LogP contribution >= 0.6 is 0 Å². The molecule has 0 saturated carbocycles. The van der Waals surface area contributed by atoms with Gasteiger partial charge < -0.3 is 20.6 Å². The van der Waals surface area contributed by atoms with Crippen molar-refractivity contribution in [1.82, 2.24) is 10.2 Å². The highest BCUT2D eigenvalue weighted by Gasteiger charge is 2.38. The number of nitrogens with zero attached hydrogens (tertiary/aromatic N) is 1. The quantitative estimate of drug-likeness (QED) is 0.789. The summed E-state index contributed by atoms with van der Waals surface area (Å²) in [4.78, 5) is 25.1. The van der Waals surface area contributed by atoms with Crippen LogP contribution in [0, 0.1) is 5.92 Å². The van der Waals surface area contributed by atoms with Gasteiger partial charge in [0.2, 0.25) is 0 Å². The monoisotopic (exact) mass is 291 g/mol. The molecule has 2 atom stereocenters. The highest BCUT2D eigenvalue weighted by molar-refractivity contribution is 5.91. The number of aliphatic carboxylic acids is 1. The van der Waals surface area contributed by atoms with Gasteiger partial charge in [0, 0.05) is 24.8 Å². The molecule has 21 heavy (non-hydrogen) atoms. The topological polar surface area (TPSA) is 81.7 Å². The third-order valence-corrected chi connectivity index (χ3v) is 3.96. The lowest BCUT2D eigenvalue weighted by atomic mass is 10.0. The fraction of sp³-hybridized carbons (Fsp3) is 0.467. The summed E-state index contributed by atoms with van der Waals surface area (Å²) in [5.41, 5.74) is 1.75. The van der Waals surface area contributed by atoms with Gasteiger partial charge in [-0.3, -0.25) is 4.79 Å². The number of carboxylic acids is 1. The van der Waals surface area contributed by atoms with E-state index in [1.54, 1.807) is 11.8 Å². The first-order chi connectivity index (χ1) is 10.0. The van der Waals surface area contributed by atoms with Crippen LogP contribution in [0.2, 0.25) is 0 Å². The average molecular weight is 291 g/mol. The summed E-state index contributed by atoms with van der Waals surface area (Å²) in [7, 11) is 1.85. The fourth-order valence-corrected chi connectivity index (χ4v) is 2.73. The van der Waals surface area contributed by atoms with E-state index in [2.05, 4.69) is 10.6 Å². The summed E-state index contributed by atoms with van der Waals surface area (Å²) in [6, 6.07) is 7.04. The zero-order valence-electron chi connectivity index (χ0n) is 12.3. The molecule has 1 aliphatic rings. The van der Waals surface area contributed by atoms with Crippen LogP contribution in [0.15, 0.2) is 24.3 Å². The number of benzene rings is 1. The van der Waals surface area contributed by atoms with Gasteiger partial charge in [-0.05, 0) is 32.0 Å². The summed E-state index contributed by atoms with van der Waals surface area (Å²) in [5, 5.41) is 15.1. The molecule has 0 bridgehead atoms. The number of rotatable bonds is 4. The van der Waals surface area contributed by atoms with E-state index < -0.39 is 11.9 Å². The Labute approximate surface area is 124 Å². The molecule has 1 fully saturated rings. The predicted octanol–water partition coefficient (Wildman–Crippen LogP) is 1.73.